The van der Waals surface area contributed by atoms with E-state index in [1.807, 2.05) is 12.1 Å². The fraction of sp³-hybridized carbons (Fsp3) is 0.500. The van der Waals surface area contributed by atoms with Crippen LogP contribution in [-0.2, 0) is 6.42 Å². The van der Waals surface area contributed by atoms with Gasteiger partial charge in [-0.1, -0.05) is 18.2 Å². The van der Waals surface area contributed by atoms with Crippen LogP contribution in [0.1, 0.15) is 30.0 Å². The van der Waals surface area contributed by atoms with Crippen molar-refractivity contribution in [3.63, 3.8) is 0 Å². The molecule has 94 valence electrons. The molecule has 0 aliphatic carbocycles. The molecule has 0 saturated heterocycles. The first-order valence-corrected chi connectivity index (χ1v) is 5.54. The highest BCUT2D eigenvalue weighted by atomic mass is 19.4. The van der Waals surface area contributed by atoms with Crippen LogP contribution in [-0.4, -0.2) is 12.8 Å². The third-order valence-corrected chi connectivity index (χ3v) is 2.88. The zero-order valence-electron chi connectivity index (χ0n) is 9.26. The lowest BCUT2D eigenvalue weighted by molar-refractivity contribution is -0.136. The van der Waals surface area contributed by atoms with E-state index < -0.39 is 18.6 Å². The van der Waals surface area contributed by atoms with Gasteiger partial charge in [0.25, 0.3) is 0 Å². The summed E-state index contributed by atoms with van der Waals surface area (Å²) in [5.74, 6) is 0.683. The smallest absolute Gasteiger partial charge is 0.389 e. The molecule has 0 amide bonds. The van der Waals surface area contributed by atoms with E-state index in [1.54, 1.807) is 6.07 Å². The fourth-order valence-corrected chi connectivity index (χ4v) is 2.01. The number of para-hydroxylation sites is 1. The minimum atomic E-state index is -4.16. The van der Waals surface area contributed by atoms with Crippen LogP contribution in [0.4, 0.5) is 13.2 Å². The molecule has 2 rings (SSSR count). The molecule has 0 bridgehead atoms. The van der Waals surface area contributed by atoms with Crippen molar-refractivity contribution in [2.45, 2.75) is 31.5 Å². The Morgan fingerprint density at radius 3 is 2.82 bits per heavy atom. The lowest BCUT2D eigenvalue weighted by Gasteiger charge is -2.16. The number of nitrogens with two attached hydrogens (primary N) is 1. The van der Waals surface area contributed by atoms with Crippen LogP contribution in [0, 0.1) is 0 Å². The van der Waals surface area contributed by atoms with E-state index in [-0.39, 0.29) is 6.42 Å². The SMILES string of the molecule is NC(CCC(F)(F)F)c1cccc2c1OCC2. The molecule has 1 heterocycles. The first kappa shape index (κ1) is 12.2. The molecule has 5 heteroatoms. The monoisotopic (exact) mass is 245 g/mol. The normalized spacial score (nSPS) is 16.5. The summed E-state index contributed by atoms with van der Waals surface area (Å²) in [5.41, 5.74) is 7.51. The van der Waals surface area contributed by atoms with Gasteiger partial charge < -0.3 is 10.5 Å². The minimum Gasteiger partial charge on any atom is -0.493 e. The molecule has 1 aromatic rings. The second kappa shape index (κ2) is 4.56. The van der Waals surface area contributed by atoms with Crippen LogP contribution in [0.3, 0.4) is 0 Å². The molecule has 0 radical (unpaired) electrons. The van der Waals surface area contributed by atoms with Gasteiger partial charge in [-0.15, -0.1) is 0 Å². The standard InChI is InChI=1S/C12H14F3NO/c13-12(14,15)6-4-10(16)9-3-1-2-8-5-7-17-11(8)9/h1-3,10H,4-7,16H2. The van der Waals surface area contributed by atoms with Crippen LogP contribution in [0.2, 0.25) is 0 Å². The number of halogens is 3. The molecule has 0 fully saturated rings. The van der Waals surface area contributed by atoms with E-state index in [0.29, 0.717) is 17.9 Å². The third kappa shape index (κ3) is 2.91. The van der Waals surface area contributed by atoms with Gasteiger partial charge in [-0.3, -0.25) is 0 Å². The lowest BCUT2D eigenvalue weighted by atomic mass is 9.99. The van der Waals surface area contributed by atoms with Crippen LogP contribution in [0.15, 0.2) is 18.2 Å². The predicted octanol–water partition coefficient (Wildman–Crippen LogP) is 2.96. The number of benzene rings is 1. The van der Waals surface area contributed by atoms with Crippen molar-refractivity contribution in [2.24, 2.45) is 5.73 Å². The van der Waals surface area contributed by atoms with Gasteiger partial charge >= 0.3 is 6.18 Å². The van der Waals surface area contributed by atoms with Crippen molar-refractivity contribution in [1.82, 2.24) is 0 Å². The Kier molecular flexibility index (Phi) is 3.28. The number of ether oxygens (including phenoxy) is 1. The average molecular weight is 245 g/mol. The van der Waals surface area contributed by atoms with E-state index in [1.165, 1.54) is 0 Å². The van der Waals surface area contributed by atoms with Crippen molar-refractivity contribution >= 4 is 0 Å². The summed E-state index contributed by atoms with van der Waals surface area (Å²) in [7, 11) is 0. The Bertz CT molecular complexity index is 403. The second-order valence-electron chi connectivity index (χ2n) is 4.19. The van der Waals surface area contributed by atoms with Crippen LogP contribution in [0.25, 0.3) is 0 Å². The zero-order chi connectivity index (χ0) is 12.5. The average Bonchev–Trinajstić information content (AvgIpc) is 2.72. The molecule has 2 N–H and O–H groups in total. The summed E-state index contributed by atoms with van der Waals surface area (Å²) in [4.78, 5) is 0. The lowest BCUT2D eigenvalue weighted by Crippen LogP contribution is -2.16. The molecule has 1 unspecified atom stereocenters. The first-order valence-electron chi connectivity index (χ1n) is 5.54. The number of rotatable bonds is 3. The van der Waals surface area contributed by atoms with Crippen LogP contribution >= 0.6 is 0 Å². The van der Waals surface area contributed by atoms with E-state index in [9.17, 15) is 13.2 Å². The van der Waals surface area contributed by atoms with E-state index in [0.717, 1.165) is 12.0 Å². The summed E-state index contributed by atoms with van der Waals surface area (Å²) in [5, 5.41) is 0. The van der Waals surface area contributed by atoms with Crippen LogP contribution in [0.5, 0.6) is 5.75 Å². The van der Waals surface area contributed by atoms with Gasteiger partial charge in [-0.25, -0.2) is 0 Å². The molecule has 0 spiro atoms. The highest BCUT2D eigenvalue weighted by molar-refractivity contribution is 5.45. The number of fused-ring (bicyclic) bond motifs is 1. The van der Waals surface area contributed by atoms with Gasteiger partial charge in [-0.05, 0) is 12.0 Å². The third-order valence-electron chi connectivity index (χ3n) is 2.88. The Hall–Kier alpha value is -1.23. The molecule has 1 aliphatic heterocycles. The molecule has 0 saturated carbocycles. The van der Waals surface area contributed by atoms with Crippen molar-refractivity contribution in [3.05, 3.63) is 29.3 Å². The largest absolute Gasteiger partial charge is 0.493 e. The van der Waals surface area contributed by atoms with Gasteiger partial charge in [-0.2, -0.15) is 13.2 Å². The summed E-state index contributed by atoms with van der Waals surface area (Å²) < 4.78 is 41.8. The molecule has 1 aromatic carbocycles. The second-order valence-corrected chi connectivity index (χ2v) is 4.19. The summed E-state index contributed by atoms with van der Waals surface area (Å²) in [6, 6.07) is 4.86. The first-order chi connectivity index (χ1) is 7.97. The Labute approximate surface area is 97.6 Å². The maximum absolute atomic E-state index is 12.1. The van der Waals surface area contributed by atoms with Gasteiger partial charge in [0.05, 0.1) is 6.61 Å². The van der Waals surface area contributed by atoms with E-state index in [4.69, 9.17) is 10.5 Å². The molecule has 1 atom stereocenters. The van der Waals surface area contributed by atoms with Crippen molar-refractivity contribution in [3.8, 4) is 5.75 Å². The van der Waals surface area contributed by atoms with Crippen molar-refractivity contribution < 1.29 is 17.9 Å². The maximum atomic E-state index is 12.1. The summed E-state index contributed by atoms with van der Waals surface area (Å²) in [6.45, 7) is 0.582. The number of hydrogen-bond donors (Lipinski definition) is 1. The van der Waals surface area contributed by atoms with Crippen molar-refractivity contribution in [1.29, 1.82) is 0 Å². The van der Waals surface area contributed by atoms with Crippen LogP contribution < -0.4 is 10.5 Å². The molecular weight excluding hydrogens is 231 g/mol. The van der Waals surface area contributed by atoms with Crippen molar-refractivity contribution in [2.75, 3.05) is 6.61 Å². The van der Waals surface area contributed by atoms with Gasteiger partial charge in [0.1, 0.15) is 5.75 Å². The molecule has 2 nitrogen and oxygen atoms in total. The van der Waals surface area contributed by atoms with Gasteiger partial charge in [0, 0.05) is 24.4 Å². The molecular formula is C12H14F3NO. The fourth-order valence-electron chi connectivity index (χ4n) is 2.01. The highest BCUT2D eigenvalue weighted by Crippen LogP contribution is 2.35. The molecule has 0 aromatic heterocycles. The molecule has 1 aliphatic rings. The van der Waals surface area contributed by atoms with E-state index in [2.05, 4.69) is 0 Å². The van der Waals surface area contributed by atoms with E-state index >= 15 is 0 Å². The number of hydrogen-bond acceptors (Lipinski definition) is 2. The Morgan fingerprint density at radius 2 is 2.12 bits per heavy atom. The Balaban J connectivity index is 2.10. The minimum absolute atomic E-state index is 0.108. The predicted molar refractivity (Wildman–Crippen MR) is 57.9 cm³/mol. The summed E-state index contributed by atoms with van der Waals surface area (Å²) in [6.07, 6.45) is -4.33. The zero-order valence-corrected chi connectivity index (χ0v) is 9.26. The topological polar surface area (TPSA) is 35.2 Å². The van der Waals surface area contributed by atoms with Gasteiger partial charge in [0.2, 0.25) is 0 Å². The van der Waals surface area contributed by atoms with Gasteiger partial charge in [0.15, 0.2) is 0 Å². The Morgan fingerprint density at radius 1 is 1.35 bits per heavy atom. The molecule has 17 heavy (non-hydrogen) atoms. The highest BCUT2D eigenvalue weighted by Gasteiger charge is 2.29. The summed E-state index contributed by atoms with van der Waals surface area (Å²) >= 11 is 0. The quantitative estimate of drug-likeness (QED) is 0.888. The maximum Gasteiger partial charge on any atom is 0.389 e. The number of alkyl halides is 3.